The molecule has 0 aliphatic carbocycles. The number of methoxy groups -OCH3 is 2. The number of benzene rings is 2. The van der Waals surface area contributed by atoms with E-state index in [9.17, 15) is 9.59 Å². The summed E-state index contributed by atoms with van der Waals surface area (Å²) in [5, 5.41) is 2.20. The molecule has 0 radical (unpaired) electrons. The van der Waals surface area contributed by atoms with Crippen molar-refractivity contribution in [2.24, 2.45) is 0 Å². The highest BCUT2D eigenvalue weighted by atomic mass is 32.1. The molecule has 3 rings (SSSR count). The highest BCUT2D eigenvalue weighted by molar-refractivity contribution is 7.13. The zero-order valence-electron chi connectivity index (χ0n) is 16.7. The predicted molar refractivity (Wildman–Crippen MR) is 113 cm³/mol. The molecule has 0 saturated carbocycles. The summed E-state index contributed by atoms with van der Waals surface area (Å²) in [7, 11) is 3.09. The second kappa shape index (κ2) is 9.75. The average molecular weight is 427 g/mol. The third-order valence-corrected chi connectivity index (χ3v) is 4.96. The van der Waals surface area contributed by atoms with Gasteiger partial charge in [0.2, 0.25) is 0 Å². The van der Waals surface area contributed by atoms with Crippen LogP contribution in [0.5, 0.6) is 17.2 Å². The van der Waals surface area contributed by atoms with Crippen LogP contribution in [0.15, 0.2) is 47.8 Å². The number of aromatic nitrogens is 1. The van der Waals surface area contributed by atoms with Gasteiger partial charge in [-0.25, -0.2) is 4.98 Å². The van der Waals surface area contributed by atoms with E-state index in [1.54, 1.807) is 49.9 Å². The van der Waals surface area contributed by atoms with Gasteiger partial charge in [0.1, 0.15) is 16.5 Å². The van der Waals surface area contributed by atoms with Gasteiger partial charge in [-0.1, -0.05) is 6.07 Å². The zero-order chi connectivity index (χ0) is 21.5. The van der Waals surface area contributed by atoms with Gasteiger partial charge in [0.05, 0.1) is 26.4 Å². The molecule has 1 aromatic heterocycles. The average Bonchev–Trinajstić information content (AvgIpc) is 3.27. The molecule has 0 bridgehead atoms. The molecule has 9 heteroatoms. The standard InChI is InChI=1S/C21H21N3O5S/c1-4-29-14-10-8-13(9-11-14)19(25)23-24-20(26)16-12-30-21(22-16)15-6-5-7-17(27-2)18(15)28-3/h5-12H,4H2,1-3H3,(H,23,25)(H,24,26). The minimum Gasteiger partial charge on any atom is -0.494 e. The number of ether oxygens (including phenoxy) is 3. The number of nitrogens with zero attached hydrogens (tertiary/aromatic N) is 1. The first-order valence-electron chi connectivity index (χ1n) is 9.07. The fourth-order valence-corrected chi connectivity index (χ4v) is 3.50. The highest BCUT2D eigenvalue weighted by Gasteiger charge is 2.17. The summed E-state index contributed by atoms with van der Waals surface area (Å²) in [6, 6.07) is 12.0. The van der Waals surface area contributed by atoms with Gasteiger partial charge in [0.15, 0.2) is 11.5 Å². The van der Waals surface area contributed by atoms with Gasteiger partial charge in [0.25, 0.3) is 11.8 Å². The number of hydrogen-bond donors (Lipinski definition) is 2. The van der Waals surface area contributed by atoms with Gasteiger partial charge in [-0.05, 0) is 43.3 Å². The second-order valence-corrected chi connectivity index (χ2v) is 6.80. The van der Waals surface area contributed by atoms with E-state index in [-0.39, 0.29) is 5.69 Å². The lowest BCUT2D eigenvalue weighted by Gasteiger charge is -2.10. The Bertz CT molecular complexity index is 1030. The van der Waals surface area contributed by atoms with Crippen molar-refractivity contribution in [3.8, 4) is 27.8 Å². The molecule has 0 unspecified atom stereocenters. The minimum atomic E-state index is -0.529. The van der Waals surface area contributed by atoms with Crippen molar-refractivity contribution in [1.82, 2.24) is 15.8 Å². The third kappa shape index (κ3) is 4.69. The first-order valence-corrected chi connectivity index (χ1v) is 9.95. The van der Waals surface area contributed by atoms with Crippen LogP contribution in [0.4, 0.5) is 0 Å². The highest BCUT2D eigenvalue weighted by Crippen LogP contribution is 2.38. The van der Waals surface area contributed by atoms with Crippen LogP contribution in [0.1, 0.15) is 27.8 Å². The Kier molecular flexibility index (Phi) is 6.87. The van der Waals surface area contributed by atoms with Crippen LogP contribution in [0.25, 0.3) is 10.6 Å². The third-order valence-electron chi connectivity index (χ3n) is 4.09. The molecule has 8 nitrogen and oxygen atoms in total. The van der Waals surface area contributed by atoms with E-state index in [0.717, 1.165) is 0 Å². The van der Waals surface area contributed by atoms with Gasteiger partial charge in [0, 0.05) is 10.9 Å². The second-order valence-electron chi connectivity index (χ2n) is 5.94. The Balaban J connectivity index is 1.66. The maximum atomic E-state index is 12.4. The largest absolute Gasteiger partial charge is 0.494 e. The van der Waals surface area contributed by atoms with Gasteiger partial charge < -0.3 is 14.2 Å². The number of rotatable bonds is 7. The quantitative estimate of drug-likeness (QED) is 0.562. The smallest absolute Gasteiger partial charge is 0.289 e. The lowest BCUT2D eigenvalue weighted by molar-refractivity contribution is 0.0844. The molecule has 0 spiro atoms. The van der Waals surface area contributed by atoms with Crippen LogP contribution in [0.2, 0.25) is 0 Å². The molecule has 2 N–H and O–H groups in total. The normalized spacial score (nSPS) is 10.2. The van der Waals surface area contributed by atoms with Crippen LogP contribution in [-0.4, -0.2) is 37.6 Å². The maximum absolute atomic E-state index is 12.4. The predicted octanol–water partition coefficient (Wildman–Crippen LogP) is 3.30. The van der Waals surface area contributed by atoms with Crippen molar-refractivity contribution in [2.45, 2.75) is 6.92 Å². The number of carbonyl (C=O) groups is 2. The lowest BCUT2D eigenvalue weighted by atomic mass is 10.2. The van der Waals surface area contributed by atoms with Crippen LogP contribution in [-0.2, 0) is 0 Å². The molecule has 3 aromatic rings. The summed E-state index contributed by atoms with van der Waals surface area (Å²) in [5.74, 6) is 0.792. The van der Waals surface area contributed by atoms with Gasteiger partial charge in [-0.15, -0.1) is 11.3 Å². The van der Waals surface area contributed by atoms with Crippen molar-refractivity contribution < 1.29 is 23.8 Å². The summed E-state index contributed by atoms with van der Waals surface area (Å²) in [5.41, 5.74) is 6.02. The van der Waals surface area contributed by atoms with Crippen molar-refractivity contribution in [3.63, 3.8) is 0 Å². The molecule has 1 heterocycles. The van der Waals surface area contributed by atoms with Crippen molar-refractivity contribution in [1.29, 1.82) is 0 Å². The number of amides is 2. The van der Waals surface area contributed by atoms with E-state index in [4.69, 9.17) is 14.2 Å². The van der Waals surface area contributed by atoms with Crippen LogP contribution in [0, 0.1) is 0 Å². The van der Waals surface area contributed by atoms with Crippen LogP contribution >= 0.6 is 11.3 Å². The number of hydrogen-bond acceptors (Lipinski definition) is 7. The molecule has 30 heavy (non-hydrogen) atoms. The molecule has 156 valence electrons. The summed E-state index contributed by atoms with van der Waals surface area (Å²) in [6.45, 7) is 2.42. The van der Waals surface area contributed by atoms with Crippen molar-refractivity contribution in [3.05, 3.63) is 59.1 Å². The van der Waals surface area contributed by atoms with E-state index >= 15 is 0 Å². The van der Waals surface area contributed by atoms with Gasteiger partial charge in [-0.3, -0.25) is 20.4 Å². The molecule has 2 amide bonds. The number of hydrazine groups is 1. The molecule has 0 saturated heterocycles. The molecule has 0 fully saturated rings. The summed E-state index contributed by atoms with van der Waals surface area (Å²) in [4.78, 5) is 29.0. The zero-order valence-corrected chi connectivity index (χ0v) is 17.5. The molecule has 0 aliphatic rings. The Morgan fingerprint density at radius 3 is 2.40 bits per heavy atom. The van der Waals surface area contributed by atoms with E-state index in [0.29, 0.717) is 40.0 Å². The molecule has 0 atom stereocenters. The van der Waals surface area contributed by atoms with E-state index in [2.05, 4.69) is 15.8 Å². The summed E-state index contributed by atoms with van der Waals surface area (Å²) < 4.78 is 16.1. The fourth-order valence-electron chi connectivity index (χ4n) is 2.68. The number of para-hydroxylation sites is 1. The summed E-state index contributed by atoms with van der Waals surface area (Å²) in [6.07, 6.45) is 0. The lowest BCUT2D eigenvalue weighted by Crippen LogP contribution is -2.41. The van der Waals surface area contributed by atoms with Crippen LogP contribution < -0.4 is 25.1 Å². The molecule has 2 aromatic carbocycles. The first-order chi connectivity index (χ1) is 14.6. The van der Waals surface area contributed by atoms with Crippen molar-refractivity contribution >= 4 is 23.2 Å². The van der Waals surface area contributed by atoms with E-state index in [1.165, 1.54) is 11.3 Å². The fraction of sp³-hybridized carbons (Fsp3) is 0.190. The number of thiazole rings is 1. The monoisotopic (exact) mass is 427 g/mol. The SMILES string of the molecule is CCOc1ccc(C(=O)NNC(=O)c2csc(-c3cccc(OC)c3OC)n2)cc1. The molecule has 0 aliphatic heterocycles. The van der Waals surface area contributed by atoms with Crippen molar-refractivity contribution in [2.75, 3.05) is 20.8 Å². The Morgan fingerprint density at radius 1 is 1.00 bits per heavy atom. The van der Waals surface area contributed by atoms with E-state index in [1.807, 2.05) is 19.1 Å². The minimum absolute atomic E-state index is 0.173. The Labute approximate surface area is 177 Å². The van der Waals surface area contributed by atoms with Gasteiger partial charge >= 0.3 is 0 Å². The Hall–Kier alpha value is -3.59. The summed E-state index contributed by atoms with van der Waals surface area (Å²) >= 11 is 1.28. The maximum Gasteiger partial charge on any atom is 0.289 e. The van der Waals surface area contributed by atoms with E-state index < -0.39 is 11.8 Å². The van der Waals surface area contributed by atoms with Gasteiger partial charge in [-0.2, -0.15) is 0 Å². The topological polar surface area (TPSA) is 98.8 Å². The number of nitrogens with one attached hydrogen (secondary N) is 2. The van der Waals surface area contributed by atoms with Crippen LogP contribution in [0.3, 0.4) is 0 Å². The first kappa shape index (κ1) is 21.1. The molecular formula is C21H21N3O5S. The number of carbonyl (C=O) groups excluding carboxylic acids is 2. The molecular weight excluding hydrogens is 406 g/mol. The Morgan fingerprint density at radius 2 is 1.73 bits per heavy atom.